The zero-order valence-corrected chi connectivity index (χ0v) is 12.9. The Bertz CT molecular complexity index is 425. The van der Waals surface area contributed by atoms with Crippen molar-refractivity contribution in [3.63, 3.8) is 0 Å². The molecule has 0 aliphatic carbocycles. The Balaban J connectivity index is 1.93. The van der Waals surface area contributed by atoms with Crippen molar-refractivity contribution in [2.24, 2.45) is 0 Å². The van der Waals surface area contributed by atoms with E-state index in [1.54, 1.807) is 0 Å². The summed E-state index contributed by atoms with van der Waals surface area (Å²) in [4.78, 5) is 0. The summed E-state index contributed by atoms with van der Waals surface area (Å²) in [6.07, 6.45) is 0. The normalized spacial score (nSPS) is 20.6. The minimum Gasteiger partial charge on any atom is -0.467 e. The summed E-state index contributed by atoms with van der Waals surface area (Å²) >= 11 is 0. The van der Waals surface area contributed by atoms with Gasteiger partial charge >= 0.3 is 7.12 Å². The highest BCUT2D eigenvalue weighted by molar-refractivity contribution is 6.60. The van der Waals surface area contributed by atoms with Crippen LogP contribution in [0.2, 0.25) is 0 Å². The van der Waals surface area contributed by atoms with Crippen LogP contribution < -0.4 is 5.66 Å². The van der Waals surface area contributed by atoms with Crippen LogP contribution in [0.3, 0.4) is 0 Å². The van der Waals surface area contributed by atoms with Crippen molar-refractivity contribution in [3.8, 4) is 0 Å². The first-order chi connectivity index (χ1) is 9.36. The third-order valence-corrected chi connectivity index (χ3v) is 3.78. The summed E-state index contributed by atoms with van der Waals surface area (Å²) in [5.41, 5.74) is -0.0646. The Morgan fingerprint density at radius 2 is 1.70 bits per heavy atom. The van der Waals surface area contributed by atoms with Crippen molar-refractivity contribution in [1.82, 2.24) is 0 Å². The molecule has 5 nitrogen and oxygen atoms in total. The van der Waals surface area contributed by atoms with Gasteiger partial charge < -0.3 is 23.2 Å². The lowest BCUT2D eigenvalue weighted by Crippen LogP contribution is -2.41. The van der Waals surface area contributed by atoms with Crippen LogP contribution in [-0.4, -0.2) is 31.7 Å². The number of furan rings is 1. The Hall–Kier alpha value is -0.815. The molecule has 1 saturated heterocycles. The quantitative estimate of drug-likeness (QED) is 0.454. The van der Waals surface area contributed by atoms with Gasteiger partial charge in [0.05, 0.1) is 11.2 Å². The topological polar surface area (TPSA) is 50.1 Å². The smallest absolute Gasteiger partial charge is 0.467 e. The number of rotatable bonds is 6. The van der Waals surface area contributed by atoms with Crippen LogP contribution in [0.4, 0.5) is 0 Å². The maximum atomic E-state index is 5.92. The SMILES string of the molecule is CCOCOCc1ccc(B2OC(C)(C)C(C)(C)O2)o1. The standard InChI is InChI=1S/C14H23BO5/c1-6-16-10-17-9-11-7-8-12(18-11)15-19-13(2,3)14(4,5)20-15/h7-8H,6,9-10H2,1-5H3. The molecule has 2 heterocycles. The molecule has 0 saturated carbocycles. The van der Waals surface area contributed by atoms with Gasteiger partial charge in [-0.05, 0) is 46.8 Å². The number of ether oxygens (including phenoxy) is 2. The maximum Gasteiger partial charge on any atom is 0.532 e. The Morgan fingerprint density at radius 1 is 1.05 bits per heavy atom. The number of hydrogen-bond acceptors (Lipinski definition) is 5. The molecule has 2 rings (SSSR count). The van der Waals surface area contributed by atoms with Crippen LogP contribution in [0.1, 0.15) is 40.4 Å². The van der Waals surface area contributed by atoms with Crippen LogP contribution in [0, 0.1) is 0 Å². The van der Waals surface area contributed by atoms with Gasteiger partial charge in [-0.3, -0.25) is 0 Å². The largest absolute Gasteiger partial charge is 0.532 e. The van der Waals surface area contributed by atoms with Gasteiger partial charge in [-0.25, -0.2) is 0 Å². The molecule has 6 heteroatoms. The predicted molar refractivity (Wildman–Crippen MR) is 75.7 cm³/mol. The maximum absolute atomic E-state index is 5.92. The van der Waals surface area contributed by atoms with Crippen molar-refractivity contribution < 1.29 is 23.2 Å². The molecule has 0 radical (unpaired) electrons. The van der Waals surface area contributed by atoms with Crippen LogP contribution in [-0.2, 0) is 25.4 Å². The summed E-state index contributed by atoms with van der Waals surface area (Å²) in [5.74, 6) is 0.731. The Labute approximate surface area is 120 Å². The molecule has 1 fully saturated rings. The second-order valence-electron chi connectivity index (χ2n) is 5.85. The molecule has 0 N–H and O–H groups in total. The third kappa shape index (κ3) is 3.26. The van der Waals surface area contributed by atoms with E-state index in [2.05, 4.69) is 0 Å². The molecule has 0 unspecified atom stereocenters. The fourth-order valence-corrected chi connectivity index (χ4v) is 1.84. The first kappa shape index (κ1) is 15.6. The molecule has 1 aromatic rings. The lowest BCUT2D eigenvalue weighted by Gasteiger charge is -2.32. The van der Waals surface area contributed by atoms with Crippen LogP contribution in [0.5, 0.6) is 0 Å². The zero-order chi connectivity index (χ0) is 14.8. The second kappa shape index (κ2) is 5.89. The zero-order valence-electron chi connectivity index (χ0n) is 12.9. The molecule has 1 aliphatic rings. The van der Waals surface area contributed by atoms with E-state index in [-0.39, 0.29) is 18.0 Å². The average Bonchev–Trinajstić information content (AvgIpc) is 2.89. The highest BCUT2D eigenvalue weighted by Gasteiger charge is 2.53. The van der Waals surface area contributed by atoms with E-state index in [9.17, 15) is 0 Å². The van der Waals surface area contributed by atoms with E-state index in [0.717, 1.165) is 5.76 Å². The lowest BCUT2D eigenvalue weighted by molar-refractivity contribution is -0.0612. The van der Waals surface area contributed by atoms with E-state index in [4.69, 9.17) is 23.2 Å². The minimum absolute atomic E-state index is 0.267. The monoisotopic (exact) mass is 282 g/mol. The molecule has 20 heavy (non-hydrogen) atoms. The lowest BCUT2D eigenvalue weighted by atomic mass is 9.86. The van der Waals surface area contributed by atoms with E-state index >= 15 is 0 Å². The number of hydrogen-bond donors (Lipinski definition) is 0. The Kier molecular flexibility index (Phi) is 4.59. The summed E-state index contributed by atoms with van der Waals surface area (Å²) < 4.78 is 28.0. The summed E-state index contributed by atoms with van der Waals surface area (Å²) in [6, 6.07) is 3.73. The van der Waals surface area contributed by atoms with Crippen LogP contribution >= 0.6 is 0 Å². The van der Waals surface area contributed by atoms with Gasteiger partial charge in [0.2, 0.25) is 0 Å². The van der Waals surface area contributed by atoms with Gasteiger partial charge in [0.15, 0.2) is 0 Å². The highest BCUT2D eigenvalue weighted by Crippen LogP contribution is 2.36. The van der Waals surface area contributed by atoms with E-state index in [1.807, 2.05) is 46.8 Å². The first-order valence-electron chi connectivity index (χ1n) is 6.95. The molecular weight excluding hydrogens is 259 g/mol. The third-order valence-electron chi connectivity index (χ3n) is 3.78. The molecule has 1 aromatic heterocycles. The average molecular weight is 282 g/mol. The summed E-state index contributed by atoms with van der Waals surface area (Å²) in [7, 11) is -0.472. The van der Waals surface area contributed by atoms with E-state index in [0.29, 0.717) is 18.9 Å². The van der Waals surface area contributed by atoms with Gasteiger partial charge in [0.1, 0.15) is 24.8 Å². The molecule has 0 aromatic carbocycles. The van der Waals surface area contributed by atoms with Gasteiger partial charge in [0.25, 0.3) is 0 Å². The molecule has 0 bridgehead atoms. The molecule has 0 amide bonds. The predicted octanol–water partition coefficient (Wildman–Crippen LogP) is 2.09. The molecular formula is C14H23BO5. The fourth-order valence-electron chi connectivity index (χ4n) is 1.84. The van der Waals surface area contributed by atoms with Gasteiger partial charge in [-0.1, -0.05) is 0 Å². The van der Waals surface area contributed by atoms with Crippen LogP contribution in [0.15, 0.2) is 16.5 Å². The fraction of sp³-hybridized carbons (Fsp3) is 0.714. The van der Waals surface area contributed by atoms with Crippen molar-refractivity contribution in [3.05, 3.63) is 17.9 Å². The second-order valence-corrected chi connectivity index (χ2v) is 5.85. The van der Waals surface area contributed by atoms with Crippen LogP contribution in [0.25, 0.3) is 0 Å². The van der Waals surface area contributed by atoms with Gasteiger partial charge in [-0.2, -0.15) is 0 Å². The molecule has 0 spiro atoms. The molecule has 1 aliphatic heterocycles. The van der Waals surface area contributed by atoms with Gasteiger partial charge in [-0.15, -0.1) is 0 Å². The highest BCUT2D eigenvalue weighted by atomic mass is 16.7. The van der Waals surface area contributed by atoms with Crippen molar-refractivity contribution in [2.45, 2.75) is 52.4 Å². The summed E-state index contributed by atoms with van der Waals surface area (Å²) in [5, 5.41) is 0. The van der Waals surface area contributed by atoms with Crippen molar-refractivity contribution in [1.29, 1.82) is 0 Å². The summed E-state index contributed by atoms with van der Waals surface area (Å²) in [6.45, 7) is 11.3. The van der Waals surface area contributed by atoms with Crippen molar-refractivity contribution >= 4 is 12.8 Å². The first-order valence-corrected chi connectivity index (χ1v) is 6.95. The molecule has 112 valence electrons. The van der Waals surface area contributed by atoms with E-state index < -0.39 is 7.12 Å². The van der Waals surface area contributed by atoms with Crippen molar-refractivity contribution in [2.75, 3.05) is 13.4 Å². The Morgan fingerprint density at radius 3 is 2.30 bits per heavy atom. The molecule has 0 atom stereocenters. The van der Waals surface area contributed by atoms with Gasteiger partial charge in [0, 0.05) is 6.61 Å². The van der Waals surface area contributed by atoms with E-state index in [1.165, 1.54) is 0 Å². The minimum atomic E-state index is -0.472.